The lowest BCUT2D eigenvalue weighted by atomic mass is 9.98. The van der Waals surface area contributed by atoms with Gasteiger partial charge in [-0.1, -0.05) is 27.2 Å². The van der Waals surface area contributed by atoms with Crippen molar-refractivity contribution in [2.75, 3.05) is 19.6 Å². The standard InChI is InChI=1S/C14H30N2/c1-5-10-16(13(4)12(3)6-2)11-14-8-7-9-15-14/h12-15H,5-11H2,1-4H3. The van der Waals surface area contributed by atoms with Gasteiger partial charge in [-0.15, -0.1) is 0 Å². The summed E-state index contributed by atoms with van der Waals surface area (Å²) >= 11 is 0. The predicted molar refractivity (Wildman–Crippen MR) is 71.8 cm³/mol. The van der Waals surface area contributed by atoms with E-state index in [0.29, 0.717) is 0 Å². The number of rotatable bonds is 7. The van der Waals surface area contributed by atoms with Crippen LogP contribution in [0.4, 0.5) is 0 Å². The molecule has 0 radical (unpaired) electrons. The van der Waals surface area contributed by atoms with E-state index in [4.69, 9.17) is 0 Å². The van der Waals surface area contributed by atoms with Gasteiger partial charge in [0.05, 0.1) is 0 Å². The van der Waals surface area contributed by atoms with E-state index in [1.807, 2.05) is 0 Å². The zero-order valence-corrected chi connectivity index (χ0v) is 11.6. The van der Waals surface area contributed by atoms with E-state index in [9.17, 15) is 0 Å². The van der Waals surface area contributed by atoms with E-state index in [2.05, 4.69) is 37.9 Å². The summed E-state index contributed by atoms with van der Waals surface area (Å²) < 4.78 is 0. The van der Waals surface area contributed by atoms with Crippen molar-refractivity contribution in [3.05, 3.63) is 0 Å². The lowest BCUT2D eigenvalue weighted by Crippen LogP contribution is -2.45. The van der Waals surface area contributed by atoms with Crippen LogP contribution < -0.4 is 5.32 Å². The second-order valence-corrected chi connectivity index (χ2v) is 5.41. The number of nitrogens with one attached hydrogen (secondary N) is 1. The molecule has 0 aromatic rings. The van der Waals surface area contributed by atoms with Crippen LogP contribution in [0.5, 0.6) is 0 Å². The second kappa shape index (κ2) is 7.29. The molecular weight excluding hydrogens is 196 g/mol. The topological polar surface area (TPSA) is 15.3 Å². The first-order valence-electron chi connectivity index (χ1n) is 7.16. The van der Waals surface area contributed by atoms with E-state index < -0.39 is 0 Å². The Morgan fingerprint density at radius 2 is 2.06 bits per heavy atom. The fraction of sp³-hybridized carbons (Fsp3) is 1.00. The van der Waals surface area contributed by atoms with Crippen LogP contribution in [0, 0.1) is 5.92 Å². The third-order valence-electron chi connectivity index (χ3n) is 4.17. The van der Waals surface area contributed by atoms with Gasteiger partial charge < -0.3 is 5.32 Å². The molecule has 0 bridgehead atoms. The van der Waals surface area contributed by atoms with Gasteiger partial charge in [0.2, 0.25) is 0 Å². The Morgan fingerprint density at radius 3 is 2.56 bits per heavy atom. The SMILES string of the molecule is CCCN(CC1CCCN1)C(C)C(C)CC. The molecule has 1 fully saturated rings. The van der Waals surface area contributed by atoms with E-state index in [1.165, 1.54) is 45.3 Å². The number of nitrogens with zero attached hydrogens (tertiary/aromatic N) is 1. The van der Waals surface area contributed by atoms with Crippen LogP contribution in [0.1, 0.15) is 53.4 Å². The van der Waals surface area contributed by atoms with Crippen molar-refractivity contribution in [2.45, 2.75) is 65.5 Å². The van der Waals surface area contributed by atoms with E-state index >= 15 is 0 Å². The quantitative estimate of drug-likeness (QED) is 0.718. The molecule has 1 heterocycles. The van der Waals surface area contributed by atoms with Gasteiger partial charge in [-0.05, 0) is 45.2 Å². The molecule has 0 saturated carbocycles. The highest BCUT2D eigenvalue weighted by Crippen LogP contribution is 2.17. The summed E-state index contributed by atoms with van der Waals surface area (Å²) in [5.41, 5.74) is 0. The van der Waals surface area contributed by atoms with Gasteiger partial charge in [-0.3, -0.25) is 4.90 Å². The molecule has 0 aromatic carbocycles. The fourth-order valence-corrected chi connectivity index (χ4v) is 2.65. The van der Waals surface area contributed by atoms with Gasteiger partial charge >= 0.3 is 0 Å². The average molecular weight is 226 g/mol. The maximum absolute atomic E-state index is 3.62. The summed E-state index contributed by atoms with van der Waals surface area (Å²) in [7, 11) is 0. The van der Waals surface area contributed by atoms with E-state index in [0.717, 1.165) is 18.0 Å². The van der Waals surface area contributed by atoms with Crippen molar-refractivity contribution in [3.8, 4) is 0 Å². The summed E-state index contributed by atoms with van der Waals surface area (Å²) in [6, 6.07) is 1.48. The Kier molecular flexibility index (Phi) is 6.37. The highest BCUT2D eigenvalue weighted by Gasteiger charge is 2.23. The Hall–Kier alpha value is -0.0800. The zero-order chi connectivity index (χ0) is 12.0. The molecule has 0 amide bonds. The van der Waals surface area contributed by atoms with Crippen LogP contribution in [0.2, 0.25) is 0 Å². The molecule has 2 heteroatoms. The van der Waals surface area contributed by atoms with Crippen molar-refractivity contribution < 1.29 is 0 Å². The van der Waals surface area contributed by atoms with Gasteiger partial charge in [0.25, 0.3) is 0 Å². The van der Waals surface area contributed by atoms with E-state index in [1.54, 1.807) is 0 Å². The minimum absolute atomic E-state index is 0.729. The molecule has 1 saturated heterocycles. The molecule has 0 spiro atoms. The predicted octanol–water partition coefficient (Wildman–Crippen LogP) is 2.89. The van der Waals surface area contributed by atoms with Crippen LogP contribution in [0.25, 0.3) is 0 Å². The summed E-state index contributed by atoms with van der Waals surface area (Å²) in [5.74, 6) is 0.813. The summed E-state index contributed by atoms with van der Waals surface area (Å²) in [5, 5.41) is 3.62. The Morgan fingerprint density at radius 1 is 1.31 bits per heavy atom. The highest BCUT2D eigenvalue weighted by molar-refractivity contribution is 4.81. The molecule has 1 rings (SSSR count). The molecule has 96 valence electrons. The normalized spacial score (nSPS) is 24.9. The summed E-state index contributed by atoms with van der Waals surface area (Å²) in [6.45, 7) is 13.1. The largest absolute Gasteiger partial charge is 0.313 e. The fourth-order valence-electron chi connectivity index (χ4n) is 2.65. The molecule has 0 aliphatic carbocycles. The Labute approximate surface area is 102 Å². The monoisotopic (exact) mass is 226 g/mol. The third kappa shape index (κ3) is 4.06. The molecule has 16 heavy (non-hydrogen) atoms. The van der Waals surface area contributed by atoms with Crippen LogP contribution in [-0.2, 0) is 0 Å². The lowest BCUT2D eigenvalue weighted by molar-refractivity contribution is 0.146. The smallest absolute Gasteiger partial charge is 0.0195 e. The van der Waals surface area contributed by atoms with Crippen molar-refractivity contribution >= 4 is 0 Å². The summed E-state index contributed by atoms with van der Waals surface area (Å²) in [6.07, 6.45) is 5.29. The number of hydrogen-bond acceptors (Lipinski definition) is 2. The van der Waals surface area contributed by atoms with Crippen LogP contribution >= 0.6 is 0 Å². The summed E-state index contributed by atoms with van der Waals surface area (Å²) in [4.78, 5) is 2.69. The van der Waals surface area contributed by atoms with Crippen molar-refractivity contribution in [2.24, 2.45) is 5.92 Å². The molecule has 2 nitrogen and oxygen atoms in total. The molecule has 3 unspecified atom stereocenters. The minimum atomic E-state index is 0.729. The first-order chi connectivity index (χ1) is 7.69. The molecule has 1 aliphatic rings. The maximum Gasteiger partial charge on any atom is 0.0195 e. The van der Waals surface area contributed by atoms with Gasteiger partial charge in [0, 0.05) is 18.6 Å². The zero-order valence-electron chi connectivity index (χ0n) is 11.6. The Balaban J connectivity index is 2.44. The van der Waals surface area contributed by atoms with Crippen molar-refractivity contribution in [3.63, 3.8) is 0 Å². The van der Waals surface area contributed by atoms with Crippen LogP contribution in [-0.4, -0.2) is 36.6 Å². The van der Waals surface area contributed by atoms with Crippen molar-refractivity contribution in [1.29, 1.82) is 0 Å². The maximum atomic E-state index is 3.62. The van der Waals surface area contributed by atoms with Crippen LogP contribution in [0.3, 0.4) is 0 Å². The number of hydrogen-bond donors (Lipinski definition) is 1. The molecular formula is C14H30N2. The third-order valence-corrected chi connectivity index (χ3v) is 4.17. The molecule has 1 aliphatic heterocycles. The Bertz CT molecular complexity index is 176. The van der Waals surface area contributed by atoms with Crippen LogP contribution in [0.15, 0.2) is 0 Å². The van der Waals surface area contributed by atoms with E-state index in [-0.39, 0.29) is 0 Å². The van der Waals surface area contributed by atoms with Gasteiger partial charge in [0.15, 0.2) is 0 Å². The minimum Gasteiger partial charge on any atom is -0.313 e. The van der Waals surface area contributed by atoms with Gasteiger partial charge in [0.1, 0.15) is 0 Å². The highest BCUT2D eigenvalue weighted by atomic mass is 15.2. The molecule has 3 atom stereocenters. The van der Waals surface area contributed by atoms with Crippen molar-refractivity contribution in [1.82, 2.24) is 10.2 Å². The second-order valence-electron chi connectivity index (χ2n) is 5.41. The average Bonchev–Trinajstić information content (AvgIpc) is 2.79. The first-order valence-corrected chi connectivity index (χ1v) is 7.16. The van der Waals surface area contributed by atoms with Gasteiger partial charge in [-0.2, -0.15) is 0 Å². The first kappa shape index (κ1) is 14.0. The lowest BCUT2D eigenvalue weighted by Gasteiger charge is -2.34. The molecule has 0 aromatic heterocycles. The molecule has 1 N–H and O–H groups in total. The van der Waals surface area contributed by atoms with Gasteiger partial charge in [-0.25, -0.2) is 0 Å².